The first-order valence-corrected chi connectivity index (χ1v) is 11.6. The fraction of sp³-hybridized carbons (Fsp3) is 0.400. The first kappa shape index (κ1) is 23.6. The molecule has 9 heteroatoms. The van der Waals surface area contributed by atoms with E-state index in [2.05, 4.69) is 26.5 Å². The fourth-order valence-corrected chi connectivity index (χ4v) is 4.38. The molecule has 1 atom stereocenters. The first-order chi connectivity index (χ1) is 16.5. The summed E-state index contributed by atoms with van der Waals surface area (Å²) in [5.41, 5.74) is 1.76. The van der Waals surface area contributed by atoms with Crippen LogP contribution in [0.1, 0.15) is 6.42 Å². The van der Waals surface area contributed by atoms with Crippen molar-refractivity contribution in [1.29, 1.82) is 0 Å². The van der Waals surface area contributed by atoms with E-state index >= 15 is 0 Å². The summed E-state index contributed by atoms with van der Waals surface area (Å²) in [6.07, 6.45) is -0.0733. The van der Waals surface area contributed by atoms with Crippen LogP contribution in [0, 0.1) is 0 Å². The SMILES string of the molecule is COc1cccc(N2CCN(CC(=O)N3CCNC(=O)[C@@H]3CC(=O)Nc3ccccc3)CC2)c1. The lowest BCUT2D eigenvalue weighted by atomic mass is 10.1. The highest BCUT2D eigenvalue weighted by Gasteiger charge is 2.35. The average molecular weight is 466 g/mol. The van der Waals surface area contributed by atoms with Crippen molar-refractivity contribution in [2.75, 3.05) is 63.1 Å². The molecule has 3 amide bonds. The zero-order valence-corrected chi connectivity index (χ0v) is 19.4. The highest BCUT2D eigenvalue weighted by atomic mass is 16.5. The van der Waals surface area contributed by atoms with Crippen molar-refractivity contribution in [3.05, 3.63) is 54.6 Å². The normalized spacial score (nSPS) is 18.9. The number of amides is 3. The van der Waals surface area contributed by atoms with Gasteiger partial charge in [0.05, 0.1) is 20.1 Å². The third-order valence-electron chi connectivity index (χ3n) is 6.24. The van der Waals surface area contributed by atoms with Gasteiger partial charge in [-0.25, -0.2) is 0 Å². The lowest BCUT2D eigenvalue weighted by Gasteiger charge is -2.39. The number of nitrogens with one attached hydrogen (secondary N) is 2. The number of nitrogens with zero attached hydrogens (tertiary/aromatic N) is 3. The Hall–Kier alpha value is -3.59. The number of anilines is 2. The first-order valence-electron chi connectivity index (χ1n) is 11.6. The zero-order chi connectivity index (χ0) is 23.9. The molecule has 2 aliphatic heterocycles. The maximum Gasteiger partial charge on any atom is 0.243 e. The quantitative estimate of drug-likeness (QED) is 0.638. The Balaban J connectivity index is 1.32. The van der Waals surface area contributed by atoms with Crippen LogP contribution in [-0.4, -0.2) is 86.5 Å². The number of methoxy groups -OCH3 is 1. The number of benzene rings is 2. The molecule has 2 fully saturated rings. The molecule has 0 aromatic heterocycles. The summed E-state index contributed by atoms with van der Waals surface area (Å²) < 4.78 is 5.32. The lowest BCUT2D eigenvalue weighted by Crippen LogP contribution is -2.60. The van der Waals surface area contributed by atoms with Gasteiger partial charge in [-0.1, -0.05) is 24.3 Å². The molecular formula is C25H31N5O4. The van der Waals surface area contributed by atoms with Crippen molar-refractivity contribution in [2.45, 2.75) is 12.5 Å². The molecule has 2 aliphatic rings. The van der Waals surface area contributed by atoms with E-state index in [4.69, 9.17) is 4.74 Å². The zero-order valence-electron chi connectivity index (χ0n) is 19.4. The Morgan fingerprint density at radius 3 is 2.53 bits per heavy atom. The highest BCUT2D eigenvalue weighted by Crippen LogP contribution is 2.22. The number of hydrogen-bond acceptors (Lipinski definition) is 6. The largest absolute Gasteiger partial charge is 0.497 e. The molecule has 0 saturated carbocycles. The predicted molar refractivity (Wildman–Crippen MR) is 130 cm³/mol. The van der Waals surface area contributed by atoms with Crippen LogP contribution in [-0.2, 0) is 14.4 Å². The number of ether oxygens (including phenoxy) is 1. The summed E-state index contributed by atoms with van der Waals surface area (Å²) in [4.78, 5) is 44.1. The smallest absolute Gasteiger partial charge is 0.243 e. The van der Waals surface area contributed by atoms with Crippen LogP contribution in [0.5, 0.6) is 5.75 Å². The van der Waals surface area contributed by atoms with E-state index in [1.807, 2.05) is 36.4 Å². The second kappa shape index (κ2) is 11.0. The fourth-order valence-electron chi connectivity index (χ4n) is 4.38. The lowest BCUT2D eigenvalue weighted by molar-refractivity contribution is -0.145. The van der Waals surface area contributed by atoms with Crippen LogP contribution in [0.25, 0.3) is 0 Å². The van der Waals surface area contributed by atoms with Gasteiger partial charge >= 0.3 is 0 Å². The topological polar surface area (TPSA) is 94.2 Å². The Labute approximate surface area is 199 Å². The van der Waals surface area contributed by atoms with E-state index in [1.165, 1.54) is 0 Å². The van der Waals surface area contributed by atoms with Crippen molar-refractivity contribution in [3.8, 4) is 5.75 Å². The van der Waals surface area contributed by atoms with E-state index in [0.29, 0.717) is 18.8 Å². The molecule has 0 radical (unpaired) electrons. The van der Waals surface area contributed by atoms with Gasteiger partial charge in [-0.3, -0.25) is 19.3 Å². The van der Waals surface area contributed by atoms with Crippen LogP contribution in [0.4, 0.5) is 11.4 Å². The van der Waals surface area contributed by atoms with E-state index in [-0.39, 0.29) is 30.7 Å². The summed E-state index contributed by atoms with van der Waals surface area (Å²) in [6.45, 7) is 4.09. The van der Waals surface area contributed by atoms with Gasteiger partial charge in [-0.05, 0) is 24.3 Å². The van der Waals surface area contributed by atoms with Gasteiger partial charge in [0.15, 0.2) is 0 Å². The molecule has 0 bridgehead atoms. The Morgan fingerprint density at radius 1 is 1.03 bits per heavy atom. The standard InChI is InChI=1S/C25H31N5O4/c1-34-21-9-5-8-20(16-21)29-14-12-28(13-15-29)18-24(32)30-11-10-26-25(33)22(30)17-23(31)27-19-6-3-2-4-7-19/h2-9,16,22H,10-15,17-18H2,1H3,(H,26,33)(H,27,31)/t22-/m0/s1. The Bertz CT molecular complexity index is 1010. The molecule has 2 aromatic rings. The van der Waals surface area contributed by atoms with Crippen molar-refractivity contribution in [3.63, 3.8) is 0 Å². The summed E-state index contributed by atoms with van der Waals surface area (Å²) in [7, 11) is 1.65. The van der Waals surface area contributed by atoms with Gasteiger partial charge in [0.2, 0.25) is 17.7 Å². The molecule has 180 valence electrons. The number of carbonyl (C=O) groups excluding carboxylic acids is 3. The number of hydrogen-bond donors (Lipinski definition) is 2. The third-order valence-corrected chi connectivity index (χ3v) is 6.24. The number of carbonyl (C=O) groups is 3. The number of para-hydroxylation sites is 1. The van der Waals surface area contributed by atoms with Gasteiger partial charge in [0.1, 0.15) is 11.8 Å². The van der Waals surface area contributed by atoms with E-state index < -0.39 is 6.04 Å². The predicted octanol–water partition coefficient (Wildman–Crippen LogP) is 1.17. The van der Waals surface area contributed by atoms with E-state index in [9.17, 15) is 14.4 Å². The Morgan fingerprint density at radius 2 is 1.79 bits per heavy atom. The molecule has 2 saturated heterocycles. The molecule has 4 rings (SSSR count). The van der Waals surface area contributed by atoms with Crippen LogP contribution < -0.4 is 20.3 Å². The summed E-state index contributed by atoms with van der Waals surface area (Å²) in [5, 5.41) is 5.58. The minimum Gasteiger partial charge on any atom is -0.497 e. The van der Waals surface area contributed by atoms with Crippen LogP contribution in [0.15, 0.2) is 54.6 Å². The molecule has 2 N–H and O–H groups in total. The van der Waals surface area contributed by atoms with Crippen molar-refractivity contribution < 1.29 is 19.1 Å². The minimum absolute atomic E-state index is 0.0733. The monoisotopic (exact) mass is 465 g/mol. The molecular weight excluding hydrogens is 434 g/mol. The van der Waals surface area contributed by atoms with Gasteiger partial charge in [0, 0.05) is 56.7 Å². The number of rotatable bonds is 7. The molecule has 0 aliphatic carbocycles. The van der Waals surface area contributed by atoms with Crippen LogP contribution in [0.3, 0.4) is 0 Å². The van der Waals surface area contributed by atoms with Crippen molar-refractivity contribution in [2.24, 2.45) is 0 Å². The highest BCUT2D eigenvalue weighted by molar-refractivity contribution is 5.97. The van der Waals surface area contributed by atoms with E-state index in [1.54, 1.807) is 24.1 Å². The minimum atomic E-state index is -0.803. The van der Waals surface area contributed by atoms with Gasteiger partial charge < -0.3 is 25.2 Å². The molecule has 2 heterocycles. The molecule has 0 spiro atoms. The molecule has 34 heavy (non-hydrogen) atoms. The van der Waals surface area contributed by atoms with Crippen LogP contribution >= 0.6 is 0 Å². The maximum absolute atomic E-state index is 13.1. The summed E-state index contributed by atoms with van der Waals surface area (Å²) in [6, 6.07) is 16.2. The second-order valence-corrected chi connectivity index (χ2v) is 8.48. The molecule has 9 nitrogen and oxygen atoms in total. The number of piperazine rings is 2. The van der Waals surface area contributed by atoms with Crippen molar-refractivity contribution in [1.82, 2.24) is 15.1 Å². The second-order valence-electron chi connectivity index (χ2n) is 8.48. The summed E-state index contributed by atoms with van der Waals surface area (Å²) >= 11 is 0. The molecule has 0 unspecified atom stereocenters. The maximum atomic E-state index is 13.1. The van der Waals surface area contributed by atoms with Crippen molar-refractivity contribution >= 4 is 29.1 Å². The van der Waals surface area contributed by atoms with E-state index in [0.717, 1.165) is 37.6 Å². The summed E-state index contributed by atoms with van der Waals surface area (Å²) in [5.74, 6) is 0.117. The average Bonchev–Trinajstić information content (AvgIpc) is 2.86. The molecule has 2 aromatic carbocycles. The van der Waals surface area contributed by atoms with Gasteiger partial charge in [-0.15, -0.1) is 0 Å². The third kappa shape index (κ3) is 5.85. The Kier molecular flexibility index (Phi) is 7.64. The van der Waals surface area contributed by atoms with Gasteiger partial charge in [-0.2, -0.15) is 0 Å². The van der Waals surface area contributed by atoms with Gasteiger partial charge in [0.25, 0.3) is 0 Å². The van der Waals surface area contributed by atoms with Crippen LogP contribution in [0.2, 0.25) is 0 Å².